The number of hydrogen-bond acceptors (Lipinski definition) is 5. The summed E-state index contributed by atoms with van der Waals surface area (Å²) in [5, 5.41) is 2.96. The van der Waals surface area contributed by atoms with Crippen LogP contribution < -0.4 is 10.1 Å². The van der Waals surface area contributed by atoms with Crippen LogP contribution in [0.3, 0.4) is 0 Å². The minimum absolute atomic E-state index is 0.0619. The minimum Gasteiger partial charge on any atom is -0.491 e. The maximum Gasteiger partial charge on any atom is 0.257 e. The van der Waals surface area contributed by atoms with Gasteiger partial charge in [-0.2, -0.15) is 0 Å². The Morgan fingerprint density at radius 1 is 1.11 bits per heavy atom. The second-order valence-corrected chi connectivity index (χ2v) is 10.4. The quantitative estimate of drug-likeness (QED) is 0.657. The minimum atomic E-state index is -0.121. The number of methoxy groups -OCH3 is 1. The van der Waals surface area contributed by atoms with Crippen LogP contribution in [0.5, 0.6) is 5.75 Å². The molecule has 0 unspecified atom stereocenters. The number of amides is 2. The normalized spacial score (nSPS) is 23.7. The molecule has 194 valence electrons. The van der Waals surface area contributed by atoms with E-state index in [2.05, 4.69) is 24.1 Å². The highest BCUT2D eigenvalue weighted by molar-refractivity contribution is 5.98. The van der Waals surface area contributed by atoms with E-state index < -0.39 is 0 Å². The summed E-state index contributed by atoms with van der Waals surface area (Å²) >= 11 is 0. The van der Waals surface area contributed by atoms with Crippen molar-refractivity contribution in [1.29, 1.82) is 0 Å². The fraction of sp³-hybridized carbons (Fsp3) is 0.517. The van der Waals surface area contributed by atoms with Gasteiger partial charge < -0.3 is 19.7 Å². The van der Waals surface area contributed by atoms with Gasteiger partial charge in [-0.3, -0.25) is 14.5 Å². The molecule has 7 heteroatoms. The molecule has 4 rings (SSSR count). The third-order valence-electron chi connectivity index (χ3n) is 7.26. The standard InChI is InChI=1S/C29H39N3O4/c1-20-16-32(17-23-10-11-23)21(2)19-36-26-15-24(30-28(33)14-22-8-6-5-7-9-22)12-13-25(26)29(34)31(3)18-27(20)35-4/h5-9,12-13,15,20-21,23,27H,10-11,14,16-19H2,1-4H3,(H,30,33)/t20-,21+,27-/m1/s1. The van der Waals surface area contributed by atoms with Crippen molar-refractivity contribution in [3.05, 3.63) is 59.7 Å². The molecule has 2 amide bonds. The number of rotatable bonds is 6. The molecule has 1 heterocycles. The lowest BCUT2D eigenvalue weighted by atomic mass is 10.0. The van der Waals surface area contributed by atoms with Gasteiger partial charge in [0.2, 0.25) is 5.91 Å². The van der Waals surface area contributed by atoms with Crippen LogP contribution in [0, 0.1) is 11.8 Å². The SMILES string of the molecule is CO[C@@H]1CN(C)C(=O)c2ccc(NC(=O)Cc3ccccc3)cc2OC[C@H](C)N(CC2CC2)C[C@H]1C. The van der Waals surface area contributed by atoms with Gasteiger partial charge in [0.05, 0.1) is 18.1 Å². The zero-order valence-corrected chi connectivity index (χ0v) is 21.9. The van der Waals surface area contributed by atoms with Crippen molar-refractivity contribution in [1.82, 2.24) is 9.80 Å². The van der Waals surface area contributed by atoms with E-state index in [0.717, 1.165) is 24.6 Å². The summed E-state index contributed by atoms with van der Waals surface area (Å²) in [4.78, 5) is 30.2. The number of anilines is 1. The predicted molar refractivity (Wildman–Crippen MR) is 141 cm³/mol. The molecule has 0 spiro atoms. The molecule has 1 N–H and O–H groups in total. The molecular weight excluding hydrogens is 454 g/mol. The molecule has 1 saturated carbocycles. The first-order chi connectivity index (χ1) is 17.3. The van der Waals surface area contributed by atoms with Crippen molar-refractivity contribution in [2.75, 3.05) is 45.7 Å². The van der Waals surface area contributed by atoms with Crippen LogP contribution in [0.1, 0.15) is 42.6 Å². The van der Waals surface area contributed by atoms with E-state index in [0.29, 0.717) is 30.2 Å². The van der Waals surface area contributed by atoms with Gasteiger partial charge >= 0.3 is 0 Å². The van der Waals surface area contributed by atoms with Gasteiger partial charge in [0.25, 0.3) is 5.91 Å². The van der Waals surface area contributed by atoms with E-state index in [4.69, 9.17) is 9.47 Å². The Morgan fingerprint density at radius 3 is 2.56 bits per heavy atom. The molecular formula is C29H39N3O4. The summed E-state index contributed by atoms with van der Waals surface area (Å²) < 4.78 is 12.1. The number of benzene rings is 2. The third-order valence-corrected chi connectivity index (χ3v) is 7.26. The van der Waals surface area contributed by atoms with Gasteiger partial charge in [-0.1, -0.05) is 37.3 Å². The first-order valence-electron chi connectivity index (χ1n) is 13.0. The second kappa shape index (κ2) is 11.9. The summed E-state index contributed by atoms with van der Waals surface area (Å²) in [6, 6.07) is 15.1. The van der Waals surface area contributed by atoms with Gasteiger partial charge in [0.15, 0.2) is 0 Å². The van der Waals surface area contributed by atoms with E-state index in [1.165, 1.54) is 12.8 Å². The van der Waals surface area contributed by atoms with Crippen molar-refractivity contribution < 1.29 is 19.1 Å². The highest BCUT2D eigenvalue weighted by Crippen LogP contribution is 2.32. The van der Waals surface area contributed by atoms with Crippen molar-refractivity contribution in [2.24, 2.45) is 11.8 Å². The molecule has 0 bridgehead atoms. The van der Waals surface area contributed by atoms with E-state index in [9.17, 15) is 9.59 Å². The van der Waals surface area contributed by atoms with E-state index in [-0.39, 0.29) is 36.3 Å². The zero-order chi connectivity index (χ0) is 25.7. The Labute approximate surface area is 214 Å². The van der Waals surface area contributed by atoms with Crippen molar-refractivity contribution in [2.45, 2.75) is 45.3 Å². The van der Waals surface area contributed by atoms with Gasteiger partial charge in [-0.05, 0) is 49.3 Å². The average molecular weight is 494 g/mol. The maximum atomic E-state index is 13.4. The largest absolute Gasteiger partial charge is 0.491 e. The number of fused-ring (bicyclic) bond motifs is 1. The second-order valence-electron chi connectivity index (χ2n) is 10.4. The molecule has 0 radical (unpaired) electrons. The highest BCUT2D eigenvalue weighted by Gasteiger charge is 2.31. The summed E-state index contributed by atoms with van der Waals surface area (Å²) in [6.07, 6.45) is 2.80. The molecule has 0 aromatic heterocycles. The molecule has 2 aromatic carbocycles. The predicted octanol–water partition coefficient (Wildman–Crippen LogP) is 4.08. The third kappa shape index (κ3) is 6.86. The molecule has 2 aromatic rings. The monoisotopic (exact) mass is 493 g/mol. The molecule has 7 nitrogen and oxygen atoms in total. The molecule has 2 aliphatic rings. The van der Waals surface area contributed by atoms with Crippen LogP contribution in [0.2, 0.25) is 0 Å². The van der Waals surface area contributed by atoms with Crippen molar-refractivity contribution in [3.8, 4) is 5.75 Å². The molecule has 3 atom stereocenters. The number of likely N-dealkylation sites (N-methyl/N-ethyl adjacent to an activating group) is 1. The number of carbonyl (C=O) groups is 2. The Kier molecular flexibility index (Phi) is 8.64. The molecule has 0 saturated heterocycles. The lowest BCUT2D eigenvalue weighted by molar-refractivity contribution is -0.115. The van der Waals surface area contributed by atoms with Gasteiger partial charge in [-0.25, -0.2) is 0 Å². The Balaban J connectivity index is 1.56. The fourth-order valence-corrected chi connectivity index (χ4v) is 4.80. The Morgan fingerprint density at radius 2 is 1.86 bits per heavy atom. The maximum absolute atomic E-state index is 13.4. The number of ether oxygens (including phenoxy) is 2. The van der Waals surface area contributed by atoms with Crippen LogP contribution in [-0.4, -0.2) is 74.2 Å². The van der Waals surface area contributed by atoms with Crippen LogP contribution in [0.4, 0.5) is 5.69 Å². The van der Waals surface area contributed by atoms with E-state index in [1.54, 1.807) is 37.3 Å². The van der Waals surface area contributed by atoms with E-state index >= 15 is 0 Å². The summed E-state index contributed by atoms with van der Waals surface area (Å²) in [5.74, 6) is 1.29. The molecule has 1 fully saturated rings. The average Bonchev–Trinajstić information content (AvgIpc) is 3.69. The summed E-state index contributed by atoms with van der Waals surface area (Å²) in [7, 11) is 3.53. The van der Waals surface area contributed by atoms with Crippen molar-refractivity contribution >= 4 is 17.5 Å². The molecule has 36 heavy (non-hydrogen) atoms. The van der Waals surface area contributed by atoms with Crippen LogP contribution in [0.25, 0.3) is 0 Å². The van der Waals surface area contributed by atoms with Crippen LogP contribution >= 0.6 is 0 Å². The van der Waals surface area contributed by atoms with Crippen LogP contribution in [-0.2, 0) is 16.0 Å². The smallest absolute Gasteiger partial charge is 0.257 e. The first-order valence-corrected chi connectivity index (χ1v) is 13.0. The molecule has 1 aliphatic carbocycles. The van der Waals surface area contributed by atoms with Crippen molar-refractivity contribution in [3.63, 3.8) is 0 Å². The number of carbonyl (C=O) groups excluding carboxylic acids is 2. The lowest BCUT2D eigenvalue weighted by Crippen LogP contribution is -2.47. The first kappa shape index (κ1) is 26.2. The number of nitrogens with zero attached hydrogens (tertiary/aromatic N) is 2. The summed E-state index contributed by atoms with van der Waals surface area (Å²) in [5.41, 5.74) is 2.05. The van der Waals surface area contributed by atoms with E-state index in [1.807, 2.05) is 30.3 Å². The number of hydrogen-bond donors (Lipinski definition) is 1. The zero-order valence-electron chi connectivity index (χ0n) is 21.9. The van der Waals surface area contributed by atoms with Gasteiger partial charge in [-0.15, -0.1) is 0 Å². The Bertz CT molecular complexity index is 1040. The van der Waals surface area contributed by atoms with Crippen LogP contribution in [0.15, 0.2) is 48.5 Å². The number of nitrogens with one attached hydrogen (secondary N) is 1. The molecule has 1 aliphatic heterocycles. The summed E-state index contributed by atoms with van der Waals surface area (Å²) in [6.45, 7) is 7.29. The fourth-order valence-electron chi connectivity index (χ4n) is 4.80. The lowest BCUT2D eigenvalue weighted by Gasteiger charge is -2.36. The highest BCUT2D eigenvalue weighted by atomic mass is 16.5. The van der Waals surface area contributed by atoms with Gasteiger partial charge in [0, 0.05) is 51.6 Å². The Hall–Kier alpha value is -2.90. The van der Waals surface area contributed by atoms with Gasteiger partial charge in [0.1, 0.15) is 12.4 Å². The topological polar surface area (TPSA) is 71.1 Å².